The third kappa shape index (κ3) is 3.54. The lowest BCUT2D eigenvalue weighted by Crippen LogP contribution is -2.28. The van der Waals surface area contributed by atoms with Crippen LogP contribution >= 0.6 is 0 Å². The summed E-state index contributed by atoms with van der Waals surface area (Å²) >= 11 is 0. The molecule has 3 N–H and O–H groups in total. The van der Waals surface area contributed by atoms with Crippen LogP contribution in [-0.4, -0.2) is 28.2 Å². The lowest BCUT2D eigenvalue weighted by molar-refractivity contribution is -0.0888. The standard InChI is InChI=1S/C22H19F3N2O4/c23-22(24,25)20(29)18-19(28)14-10-13-12-6-2-3-7-15(12)27(9-5-1-4-8-26)16(13)11-17(14)31-21(18)30/h2-3,6-7,10-11,28H,1,4-5,8-9,26H2. The minimum atomic E-state index is -5.32. The van der Waals surface area contributed by atoms with Gasteiger partial charge in [-0.15, -0.1) is 0 Å². The summed E-state index contributed by atoms with van der Waals surface area (Å²) in [7, 11) is 0. The fraction of sp³-hybridized carbons (Fsp3) is 0.273. The van der Waals surface area contributed by atoms with Crippen molar-refractivity contribution >= 4 is 38.6 Å². The molecule has 6 nitrogen and oxygen atoms in total. The number of para-hydroxylation sites is 1. The molecule has 9 heteroatoms. The molecule has 31 heavy (non-hydrogen) atoms. The van der Waals surface area contributed by atoms with Crippen LogP contribution in [0.15, 0.2) is 45.6 Å². The van der Waals surface area contributed by atoms with Gasteiger partial charge in [0.15, 0.2) is 5.56 Å². The predicted molar refractivity (Wildman–Crippen MR) is 110 cm³/mol. The molecule has 0 aliphatic heterocycles. The Balaban J connectivity index is 1.97. The highest BCUT2D eigenvalue weighted by Crippen LogP contribution is 2.37. The number of Topliss-reactive ketones (excluding diaryl/α,β-unsaturated/α-hetero) is 1. The zero-order valence-corrected chi connectivity index (χ0v) is 16.3. The summed E-state index contributed by atoms with van der Waals surface area (Å²) in [6.07, 6.45) is -2.64. The summed E-state index contributed by atoms with van der Waals surface area (Å²) in [5.74, 6) is -3.47. The van der Waals surface area contributed by atoms with Crippen molar-refractivity contribution in [2.24, 2.45) is 5.73 Å². The van der Waals surface area contributed by atoms with E-state index in [9.17, 15) is 27.9 Å². The minimum absolute atomic E-state index is 0.0975. The Morgan fingerprint density at radius 3 is 2.48 bits per heavy atom. The molecular weight excluding hydrogens is 413 g/mol. The third-order valence-electron chi connectivity index (χ3n) is 5.34. The molecule has 0 aliphatic rings. The lowest BCUT2D eigenvalue weighted by atomic mass is 10.1. The van der Waals surface area contributed by atoms with E-state index in [0.29, 0.717) is 24.0 Å². The van der Waals surface area contributed by atoms with Gasteiger partial charge in [0.2, 0.25) is 0 Å². The first-order valence-corrected chi connectivity index (χ1v) is 9.76. The van der Waals surface area contributed by atoms with E-state index in [2.05, 4.69) is 0 Å². The van der Waals surface area contributed by atoms with E-state index in [1.165, 1.54) is 12.1 Å². The van der Waals surface area contributed by atoms with Gasteiger partial charge < -0.3 is 19.8 Å². The molecule has 162 valence electrons. The molecule has 0 unspecified atom stereocenters. The van der Waals surface area contributed by atoms with Gasteiger partial charge in [-0.25, -0.2) is 4.79 Å². The normalized spacial score (nSPS) is 12.3. The smallest absolute Gasteiger partial charge is 0.455 e. The monoisotopic (exact) mass is 432 g/mol. The molecule has 0 radical (unpaired) electrons. The first kappa shape index (κ1) is 20.9. The average Bonchev–Trinajstić information content (AvgIpc) is 3.02. The molecule has 0 aliphatic carbocycles. The van der Waals surface area contributed by atoms with Crippen molar-refractivity contribution in [3.63, 3.8) is 0 Å². The number of benzene rings is 2. The highest BCUT2D eigenvalue weighted by atomic mass is 19.4. The molecule has 4 aromatic rings. The molecule has 0 saturated heterocycles. The van der Waals surface area contributed by atoms with Gasteiger partial charge in [0.25, 0.3) is 5.78 Å². The molecule has 4 rings (SSSR count). The Bertz CT molecular complexity index is 1370. The van der Waals surface area contributed by atoms with Crippen molar-refractivity contribution in [1.29, 1.82) is 0 Å². The number of ketones is 1. The van der Waals surface area contributed by atoms with Crippen molar-refractivity contribution in [2.75, 3.05) is 6.54 Å². The Hall–Kier alpha value is -3.33. The van der Waals surface area contributed by atoms with E-state index in [-0.39, 0.29) is 11.0 Å². The number of carbonyl (C=O) groups is 1. The quantitative estimate of drug-likeness (QED) is 0.266. The van der Waals surface area contributed by atoms with Gasteiger partial charge in [-0.1, -0.05) is 24.6 Å². The first-order valence-electron chi connectivity index (χ1n) is 9.76. The van der Waals surface area contributed by atoms with Crippen LogP contribution in [0.25, 0.3) is 32.8 Å². The van der Waals surface area contributed by atoms with Crippen molar-refractivity contribution in [2.45, 2.75) is 32.0 Å². The third-order valence-corrected chi connectivity index (χ3v) is 5.34. The molecule has 0 bridgehead atoms. The van der Waals surface area contributed by atoms with E-state index in [1.807, 2.05) is 28.8 Å². The number of aromatic hydroxyl groups is 1. The summed E-state index contributed by atoms with van der Waals surface area (Å²) in [6, 6.07) is 10.4. The second-order valence-electron chi connectivity index (χ2n) is 7.32. The second kappa shape index (κ2) is 7.73. The van der Waals surface area contributed by atoms with Gasteiger partial charge in [-0.2, -0.15) is 13.2 Å². The molecule has 2 aromatic heterocycles. The number of alkyl halides is 3. The Morgan fingerprint density at radius 2 is 1.77 bits per heavy atom. The summed E-state index contributed by atoms with van der Waals surface area (Å²) in [5.41, 5.74) is 4.12. The Labute approximate surface area is 173 Å². The average molecular weight is 432 g/mol. The van der Waals surface area contributed by atoms with Crippen LogP contribution in [0.3, 0.4) is 0 Å². The van der Waals surface area contributed by atoms with Crippen molar-refractivity contribution in [1.82, 2.24) is 4.57 Å². The Kier molecular flexibility index (Phi) is 5.22. The van der Waals surface area contributed by atoms with Gasteiger partial charge >= 0.3 is 11.8 Å². The van der Waals surface area contributed by atoms with Crippen LogP contribution in [-0.2, 0) is 6.54 Å². The summed E-state index contributed by atoms with van der Waals surface area (Å²) in [4.78, 5) is 23.8. The number of hydrogen-bond donors (Lipinski definition) is 2. The SMILES string of the molecule is NCCCCCn1c2ccccc2c2cc3c(O)c(C(=O)C(F)(F)F)c(=O)oc3cc21. The second-order valence-corrected chi connectivity index (χ2v) is 7.32. The van der Waals surface area contributed by atoms with Gasteiger partial charge in [0, 0.05) is 28.9 Å². The van der Waals surface area contributed by atoms with Crippen LogP contribution in [0.2, 0.25) is 0 Å². The number of nitrogens with zero attached hydrogens (tertiary/aromatic N) is 1. The Morgan fingerprint density at radius 1 is 1.03 bits per heavy atom. The van der Waals surface area contributed by atoms with E-state index in [1.54, 1.807) is 0 Å². The van der Waals surface area contributed by atoms with Crippen molar-refractivity contribution < 1.29 is 27.5 Å². The van der Waals surface area contributed by atoms with E-state index in [4.69, 9.17) is 10.2 Å². The summed E-state index contributed by atoms with van der Waals surface area (Å²) in [5, 5.41) is 11.8. The number of fused-ring (bicyclic) bond motifs is 4. The van der Waals surface area contributed by atoms with E-state index < -0.39 is 28.9 Å². The number of halogens is 3. The fourth-order valence-electron chi connectivity index (χ4n) is 3.90. The largest absolute Gasteiger partial charge is 0.506 e. The maximum Gasteiger partial charge on any atom is 0.455 e. The summed E-state index contributed by atoms with van der Waals surface area (Å²) in [6.45, 7) is 1.26. The maximum absolute atomic E-state index is 12.9. The minimum Gasteiger partial charge on any atom is -0.506 e. The van der Waals surface area contributed by atoms with Crippen molar-refractivity contribution in [3.8, 4) is 5.75 Å². The van der Waals surface area contributed by atoms with Crippen LogP contribution < -0.4 is 11.4 Å². The number of nitrogens with two attached hydrogens (primary N) is 1. The highest BCUT2D eigenvalue weighted by Gasteiger charge is 2.43. The van der Waals surface area contributed by atoms with Gasteiger partial charge in [0.05, 0.1) is 10.9 Å². The predicted octanol–water partition coefficient (Wildman–Crippen LogP) is 4.48. The number of rotatable bonds is 6. The molecular formula is C22H19F3N2O4. The van der Waals surface area contributed by atoms with Crippen molar-refractivity contribution in [3.05, 3.63) is 52.4 Å². The number of aryl methyl sites for hydroxylation is 1. The first-order chi connectivity index (χ1) is 14.7. The molecule has 0 spiro atoms. The van der Waals surface area contributed by atoms with Crippen LogP contribution in [0.4, 0.5) is 13.2 Å². The van der Waals surface area contributed by atoms with Gasteiger partial charge in [0.1, 0.15) is 11.3 Å². The number of aromatic nitrogens is 1. The molecule has 0 amide bonds. The molecule has 2 heterocycles. The zero-order chi connectivity index (χ0) is 22.3. The number of carbonyl (C=O) groups excluding carboxylic acids is 1. The fourth-order valence-corrected chi connectivity index (χ4v) is 3.90. The molecule has 0 atom stereocenters. The highest BCUT2D eigenvalue weighted by molar-refractivity contribution is 6.14. The van der Waals surface area contributed by atoms with Crippen LogP contribution in [0.5, 0.6) is 5.75 Å². The number of unbranched alkanes of at least 4 members (excludes halogenated alkanes) is 2. The van der Waals surface area contributed by atoms with Gasteiger partial charge in [-0.3, -0.25) is 4.79 Å². The topological polar surface area (TPSA) is 98.5 Å². The molecule has 2 aromatic carbocycles. The van der Waals surface area contributed by atoms with Crippen LogP contribution in [0.1, 0.15) is 29.6 Å². The van der Waals surface area contributed by atoms with Gasteiger partial charge in [-0.05, 0) is 31.5 Å². The summed E-state index contributed by atoms with van der Waals surface area (Å²) < 4.78 is 45.7. The molecule has 0 saturated carbocycles. The maximum atomic E-state index is 12.9. The van der Waals surface area contributed by atoms with E-state index >= 15 is 0 Å². The van der Waals surface area contributed by atoms with E-state index in [0.717, 1.165) is 30.2 Å². The molecule has 0 fully saturated rings. The number of hydrogen-bond acceptors (Lipinski definition) is 5. The zero-order valence-electron chi connectivity index (χ0n) is 16.3. The lowest BCUT2D eigenvalue weighted by Gasteiger charge is -2.10. The van der Waals surface area contributed by atoms with Crippen LogP contribution in [0, 0.1) is 0 Å².